The minimum absolute atomic E-state index is 0.206. The highest BCUT2D eigenvalue weighted by molar-refractivity contribution is 5.94. The van der Waals surface area contributed by atoms with Gasteiger partial charge in [0.05, 0.1) is 0 Å². The van der Waals surface area contributed by atoms with E-state index in [1.807, 2.05) is 13.0 Å². The fourth-order valence-electron chi connectivity index (χ4n) is 2.68. The van der Waals surface area contributed by atoms with Gasteiger partial charge in [0.2, 0.25) is 6.79 Å². The van der Waals surface area contributed by atoms with Gasteiger partial charge in [0.25, 0.3) is 5.91 Å². The van der Waals surface area contributed by atoms with E-state index in [4.69, 9.17) is 14.2 Å². The van der Waals surface area contributed by atoms with Crippen molar-refractivity contribution in [3.63, 3.8) is 0 Å². The summed E-state index contributed by atoms with van der Waals surface area (Å²) >= 11 is 0. The van der Waals surface area contributed by atoms with Gasteiger partial charge in [-0.1, -0.05) is 26.0 Å². The summed E-state index contributed by atoms with van der Waals surface area (Å²) in [5.74, 6) is 2.17. The Morgan fingerprint density at radius 2 is 1.84 bits per heavy atom. The molecule has 0 fully saturated rings. The highest BCUT2D eigenvalue weighted by Crippen LogP contribution is 2.34. The van der Waals surface area contributed by atoms with E-state index in [9.17, 15) is 4.79 Å². The van der Waals surface area contributed by atoms with Gasteiger partial charge in [-0.25, -0.2) is 0 Å². The zero-order valence-electron chi connectivity index (χ0n) is 15.0. The first-order valence-electron chi connectivity index (χ1n) is 8.42. The average molecular weight is 341 g/mol. The normalized spacial score (nSPS) is 13.6. The molecule has 1 N–H and O–H groups in total. The van der Waals surface area contributed by atoms with Crippen LogP contribution in [-0.4, -0.2) is 18.8 Å². The number of aryl methyl sites for hydroxylation is 1. The van der Waals surface area contributed by atoms with Crippen LogP contribution in [0.2, 0.25) is 0 Å². The van der Waals surface area contributed by atoms with Crippen molar-refractivity contribution in [1.29, 1.82) is 0 Å². The first-order chi connectivity index (χ1) is 11.9. The second-order valence-corrected chi connectivity index (χ2v) is 6.51. The Bertz CT molecular complexity index is 785. The summed E-state index contributed by atoms with van der Waals surface area (Å²) in [5, 5.41) is 2.86. The molecule has 132 valence electrons. The molecule has 1 atom stereocenters. The summed E-state index contributed by atoms with van der Waals surface area (Å²) in [7, 11) is 0. The van der Waals surface area contributed by atoms with Crippen LogP contribution in [-0.2, 0) is 4.79 Å². The zero-order chi connectivity index (χ0) is 18.0. The molecule has 1 heterocycles. The van der Waals surface area contributed by atoms with Crippen molar-refractivity contribution in [3.8, 4) is 17.2 Å². The highest BCUT2D eigenvalue weighted by Gasteiger charge is 2.19. The number of fused-ring (bicyclic) bond motifs is 1. The number of hydrogen-bond donors (Lipinski definition) is 1. The van der Waals surface area contributed by atoms with Crippen LogP contribution in [0.3, 0.4) is 0 Å². The molecular formula is C20H23NO4. The lowest BCUT2D eigenvalue weighted by molar-refractivity contribution is -0.122. The van der Waals surface area contributed by atoms with Crippen molar-refractivity contribution in [2.45, 2.75) is 39.7 Å². The van der Waals surface area contributed by atoms with Gasteiger partial charge in [-0.05, 0) is 49.1 Å². The molecule has 0 saturated heterocycles. The molecule has 0 unspecified atom stereocenters. The van der Waals surface area contributed by atoms with Gasteiger partial charge in [0.15, 0.2) is 17.6 Å². The molecule has 0 saturated carbocycles. The monoisotopic (exact) mass is 341 g/mol. The average Bonchev–Trinajstić information content (AvgIpc) is 3.02. The molecule has 3 rings (SSSR count). The summed E-state index contributed by atoms with van der Waals surface area (Å²) in [6, 6.07) is 11.4. The second kappa shape index (κ2) is 7.05. The molecular weight excluding hydrogens is 318 g/mol. The number of amides is 1. The van der Waals surface area contributed by atoms with E-state index < -0.39 is 6.10 Å². The van der Waals surface area contributed by atoms with Crippen molar-refractivity contribution < 1.29 is 19.0 Å². The molecule has 25 heavy (non-hydrogen) atoms. The quantitative estimate of drug-likeness (QED) is 0.883. The van der Waals surface area contributed by atoms with Gasteiger partial charge >= 0.3 is 0 Å². The van der Waals surface area contributed by atoms with Gasteiger partial charge in [-0.3, -0.25) is 4.79 Å². The van der Waals surface area contributed by atoms with Crippen LogP contribution in [0.1, 0.15) is 37.8 Å². The summed E-state index contributed by atoms with van der Waals surface area (Å²) in [5.41, 5.74) is 2.84. The maximum Gasteiger partial charge on any atom is 0.265 e. The maximum absolute atomic E-state index is 12.5. The predicted molar refractivity (Wildman–Crippen MR) is 96.6 cm³/mol. The minimum Gasteiger partial charge on any atom is -0.481 e. The van der Waals surface area contributed by atoms with Gasteiger partial charge in [-0.15, -0.1) is 0 Å². The zero-order valence-corrected chi connectivity index (χ0v) is 15.0. The van der Waals surface area contributed by atoms with Gasteiger partial charge < -0.3 is 19.5 Å². The van der Waals surface area contributed by atoms with Crippen molar-refractivity contribution in [3.05, 3.63) is 47.5 Å². The number of hydrogen-bond acceptors (Lipinski definition) is 4. The smallest absolute Gasteiger partial charge is 0.265 e. The molecule has 0 spiro atoms. The summed E-state index contributed by atoms with van der Waals surface area (Å²) in [4.78, 5) is 12.5. The van der Waals surface area contributed by atoms with Crippen LogP contribution in [0.25, 0.3) is 0 Å². The number of carbonyl (C=O) groups excluding carboxylic acids is 1. The van der Waals surface area contributed by atoms with Crippen LogP contribution < -0.4 is 19.5 Å². The molecule has 0 aromatic heterocycles. The van der Waals surface area contributed by atoms with Crippen LogP contribution in [0.4, 0.5) is 5.69 Å². The number of rotatable bonds is 5. The Morgan fingerprint density at radius 1 is 1.08 bits per heavy atom. The molecule has 0 bridgehead atoms. The fourth-order valence-corrected chi connectivity index (χ4v) is 2.68. The summed E-state index contributed by atoms with van der Waals surface area (Å²) < 4.78 is 16.5. The Balaban J connectivity index is 1.70. The van der Waals surface area contributed by atoms with Crippen molar-refractivity contribution in [1.82, 2.24) is 0 Å². The van der Waals surface area contributed by atoms with Crippen LogP contribution in [0.5, 0.6) is 17.2 Å². The van der Waals surface area contributed by atoms with E-state index in [0.717, 1.165) is 16.9 Å². The molecule has 0 aliphatic carbocycles. The molecule has 2 aromatic carbocycles. The van der Waals surface area contributed by atoms with E-state index >= 15 is 0 Å². The van der Waals surface area contributed by atoms with Crippen LogP contribution in [0, 0.1) is 6.92 Å². The van der Waals surface area contributed by atoms with Crippen molar-refractivity contribution >= 4 is 11.6 Å². The predicted octanol–water partition coefficient (Wildman–Crippen LogP) is 4.25. The van der Waals surface area contributed by atoms with E-state index in [2.05, 4.69) is 31.3 Å². The minimum atomic E-state index is -0.621. The molecule has 5 heteroatoms. The molecule has 1 aliphatic heterocycles. The maximum atomic E-state index is 12.5. The summed E-state index contributed by atoms with van der Waals surface area (Å²) in [6.07, 6.45) is -0.621. The lowest BCUT2D eigenvalue weighted by Crippen LogP contribution is -2.30. The van der Waals surface area contributed by atoms with E-state index in [1.165, 1.54) is 0 Å². The molecule has 2 aromatic rings. The van der Waals surface area contributed by atoms with Crippen molar-refractivity contribution in [2.24, 2.45) is 0 Å². The lowest BCUT2D eigenvalue weighted by atomic mass is 10.0. The molecule has 5 nitrogen and oxygen atoms in total. The third-order valence-electron chi connectivity index (χ3n) is 4.10. The van der Waals surface area contributed by atoms with Gasteiger partial charge in [0, 0.05) is 11.8 Å². The Hall–Kier alpha value is -2.69. The summed E-state index contributed by atoms with van der Waals surface area (Å²) in [6.45, 7) is 8.17. The molecule has 1 amide bonds. The number of benzene rings is 2. The number of nitrogens with one attached hydrogen (secondary N) is 1. The number of carbonyl (C=O) groups is 1. The Kier molecular flexibility index (Phi) is 4.83. The van der Waals surface area contributed by atoms with Crippen LogP contribution >= 0.6 is 0 Å². The van der Waals surface area contributed by atoms with Crippen LogP contribution in [0.15, 0.2) is 36.4 Å². The highest BCUT2D eigenvalue weighted by atomic mass is 16.7. The molecule has 1 aliphatic rings. The molecule has 0 radical (unpaired) electrons. The van der Waals surface area contributed by atoms with Crippen molar-refractivity contribution in [2.75, 3.05) is 12.1 Å². The van der Waals surface area contributed by atoms with E-state index in [1.54, 1.807) is 25.1 Å². The first-order valence-corrected chi connectivity index (χ1v) is 8.42. The third kappa shape index (κ3) is 3.87. The number of ether oxygens (including phenoxy) is 3. The third-order valence-corrected chi connectivity index (χ3v) is 4.10. The standard InChI is InChI=1S/C20H23NO4/c1-12(2)16-7-5-13(3)9-18(16)25-14(4)20(22)21-15-6-8-17-19(10-15)24-11-23-17/h5-10,12,14H,11H2,1-4H3,(H,21,22)/t14-/m1/s1. The second-order valence-electron chi connectivity index (χ2n) is 6.51. The lowest BCUT2D eigenvalue weighted by Gasteiger charge is -2.19. The van der Waals surface area contributed by atoms with E-state index in [-0.39, 0.29) is 12.7 Å². The first kappa shape index (κ1) is 17.1. The topological polar surface area (TPSA) is 56.8 Å². The Labute approximate surface area is 147 Å². The van der Waals surface area contributed by atoms with Gasteiger partial charge in [-0.2, -0.15) is 0 Å². The Morgan fingerprint density at radius 3 is 2.60 bits per heavy atom. The fraction of sp³-hybridized carbons (Fsp3) is 0.350. The van der Waals surface area contributed by atoms with E-state index in [0.29, 0.717) is 23.1 Å². The SMILES string of the molecule is Cc1ccc(C(C)C)c(O[C@H](C)C(=O)Nc2ccc3c(c2)OCO3)c1. The number of anilines is 1. The largest absolute Gasteiger partial charge is 0.481 e. The van der Waals surface area contributed by atoms with Gasteiger partial charge in [0.1, 0.15) is 5.75 Å².